The van der Waals surface area contributed by atoms with E-state index in [1.54, 1.807) is 55.1 Å². The lowest BCUT2D eigenvalue weighted by Crippen LogP contribution is -2.15. The number of aromatic nitrogens is 4. The Morgan fingerprint density at radius 2 is 1.60 bits per heavy atom. The molecule has 0 amide bonds. The van der Waals surface area contributed by atoms with Crippen LogP contribution in [0.25, 0.3) is 5.82 Å². The summed E-state index contributed by atoms with van der Waals surface area (Å²) in [5, 5.41) is 4.52. The van der Waals surface area contributed by atoms with Gasteiger partial charge in [0.25, 0.3) is 10.0 Å². The zero-order chi connectivity index (χ0) is 25.3. The zero-order valence-corrected chi connectivity index (χ0v) is 21.3. The van der Waals surface area contributed by atoms with Crippen LogP contribution in [0.1, 0.15) is 28.1 Å². The van der Waals surface area contributed by atoms with Crippen molar-refractivity contribution in [1.29, 1.82) is 0 Å². The number of methoxy groups -OCH3 is 1. The van der Waals surface area contributed by atoms with E-state index in [2.05, 4.69) is 19.8 Å². The average molecular weight is 494 g/mol. The first kappa shape index (κ1) is 24.2. The number of ether oxygens (including phenoxy) is 2. The number of anilines is 1. The highest BCUT2D eigenvalue weighted by Crippen LogP contribution is 2.29. The van der Waals surface area contributed by atoms with Crippen molar-refractivity contribution in [2.45, 2.75) is 39.5 Å². The maximum atomic E-state index is 13.0. The molecule has 0 aliphatic rings. The van der Waals surface area contributed by atoms with E-state index in [0.29, 0.717) is 34.4 Å². The Morgan fingerprint density at radius 1 is 0.886 bits per heavy atom. The van der Waals surface area contributed by atoms with Gasteiger partial charge in [-0.15, -0.1) is 0 Å². The number of sulfonamides is 1. The summed E-state index contributed by atoms with van der Waals surface area (Å²) < 4.78 is 41.4. The maximum Gasteiger partial charge on any atom is 0.262 e. The van der Waals surface area contributed by atoms with Gasteiger partial charge >= 0.3 is 0 Å². The summed E-state index contributed by atoms with van der Waals surface area (Å²) in [5.41, 5.74) is 4.84. The highest BCUT2D eigenvalue weighted by Gasteiger charge is 2.20. The van der Waals surface area contributed by atoms with Gasteiger partial charge < -0.3 is 9.47 Å². The lowest BCUT2D eigenvalue weighted by molar-refractivity contribution is 0.410. The predicted molar refractivity (Wildman–Crippen MR) is 133 cm³/mol. The van der Waals surface area contributed by atoms with Crippen molar-refractivity contribution >= 4 is 15.7 Å². The van der Waals surface area contributed by atoms with Gasteiger partial charge in [0.05, 0.1) is 17.7 Å². The van der Waals surface area contributed by atoms with Gasteiger partial charge in [0.2, 0.25) is 5.88 Å². The van der Waals surface area contributed by atoms with Gasteiger partial charge in [-0.2, -0.15) is 5.10 Å². The molecule has 9 nitrogen and oxygen atoms in total. The minimum absolute atomic E-state index is 0.198. The van der Waals surface area contributed by atoms with Crippen LogP contribution in [0.2, 0.25) is 0 Å². The van der Waals surface area contributed by atoms with Gasteiger partial charge in [-0.3, -0.25) is 4.72 Å². The normalized spacial score (nSPS) is 11.4. The first-order valence-electron chi connectivity index (χ1n) is 10.9. The van der Waals surface area contributed by atoms with Crippen molar-refractivity contribution in [3.8, 4) is 23.2 Å². The molecule has 0 saturated carbocycles. The predicted octanol–water partition coefficient (Wildman–Crippen LogP) is 4.81. The monoisotopic (exact) mass is 493 g/mol. The molecule has 2 aromatic carbocycles. The fourth-order valence-corrected chi connectivity index (χ4v) is 5.01. The molecule has 182 valence electrons. The number of benzene rings is 2. The van der Waals surface area contributed by atoms with Crippen molar-refractivity contribution in [2.75, 3.05) is 11.8 Å². The third kappa shape index (κ3) is 4.83. The number of rotatable bonds is 7. The van der Waals surface area contributed by atoms with Crippen LogP contribution >= 0.6 is 0 Å². The molecule has 0 atom stereocenters. The van der Waals surface area contributed by atoms with E-state index >= 15 is 0 Å². The lowest BCUT2D eigenvalue weighted by Gasteiger charge is -2.14. The van der Waals surface area contributed by atoms with Crippen LogP contribution in [0, 0.1) is 34.6 Å². The summed E-state index contributed by atoms with van der Waals surface area (Å²) in [6.07, 6.45) is 1.41. The lowest BCUT2D eigenvalue weighted by atomic mass is 10.1. The third-order valence-electron chi connectivity index (χ3n) is 6.02. The first-order valence-corrected chi connectivity index (χ1v) is 12.4. The second kappa shape index (κ2) is 9.38. The molecule has 2 aromatic heterocycles. The highest BCUT2D eigenvalue weighted by molar-refractivity contribution is 7.92. The molecule has 0 aliphatic heterocycles. The Kier molecular flexibility index (Phi) is 6.49. The van der Waals surface area contributed by atoms with Crippen molar-refractivity contribution < 1.29 is 17.9 Å². The van der Waals surface area contributed by atoms with E-state index < -0.39 is 10.0 Å². The summed E-state index contributed by atoms with van der Waals surface area (Å²) in [7, 11) is -2.23. The molecule has 1 N–H and O–H groups in total. The molecule has 2 heterocycles. The fraction of sp³-hybridized carbons (Fsp3) is 0.240. The second-order valence-corrected chi connectivity index (χ2v) is 9.82. The first-order chi connectivity index (χ1) is 16.6. The number of hydrogen-bond acceptors (Lipinski definition) is 7. The Hall–Kier alpha value is -3.92. The van der Waals surface area contributed by atoms with E-state index in [1.807, 2.05) is 27.7 Å². The van der Waals surface area contributed by atoms with Crippen LogP contribution in [0.15, 0.2) is 53.7 Å². The largest absolute Gasteiger partial charge is 0.496 e. The molecule has 0 aliphatic carbocycles. The molecule has 0 unspecified atom stereocenters. The Morgan fingerprint density at radius 3 is 2.23 bits per heavy atom. The van der Waals surface area contributed by atoms with Gasteiger partial charge in [0, 0.05) is 17.4 Å². The molecule has 4 rings (SSSR count). The third-order valence-corrected chi connectivity index (χ3v) is 7.55. The average Bonchev–Trinajstić information content (AvgIpc) is 3.09. The fourth-order valence-electron chi connectivity index (χ4n) is 3.65. The number of nitrogens with one attached hydrogen (secondary N) is 1. The van der Waals surface area contributed by atoms with Crippen molar-refractivity contribution in [3.63, 3.8) is 0 Å². The van der Waals surface area contributed by atoms with Crippen molar-refractivity contribution in [3.05, 3.63) is 76.9 Å². The van der Waals surface area contributed by atoms with E-state index in [0.717, 1.165) is 22.5 Å². The van der Waals surface area contributed by atoms with Gasteiger partial charge in [-0.1, -0.05) is 0 Å². The maximum absolute atomic E-state index is 13.0. The molecule has 0 spiro atoms. The minimum atomic E-state index is -3.78. The highest BCUT2D eigenvalue weighted by atomic mass is 32.2. The molecule has 0 bridgehead atoms. The summed E-state index contributed by atoms with van der Waals surface area (Å²) in [4.78, 5) is 8.67. The van der Waals surface area contributed by atoms with Crippen LogP contribution in [-0.2, 0) is 10.0 Å². The van der Waals surface area contributed by atoms with Crippen LogP contribution < -0.4 is 14.2 Å². The summed E-state index contributed by atoms with van der Waals surface area (Å²) >= 11 is 0. The van der Waals surface area contributed by atoms with Gasteiger partial charge in [0.1, 0.15) is 17.8 Å². The van der Waals surface area contributed by atoms with E-state index in [-0.39, 0.29) is 4.90 Å². The standard InChI is InChI=1S/C25H27N5O4S/c1-15-16(2)23(12-11-22(15)33-6)35(31,32)29-20-7-9-21(10-8-20)34-25-13-24(26-14-27-25)30-19(5)17(3)18(4)28-30/h7-14,29H,1-6H3. The van der Waals surface area contributed by atoms with E-state index in [9.17, 15) is 8.42 Å². The van der Waals surface area contributed by atoms with E-state index in [1.165, 1.54) is 12.4 Å². The molecule has 0 fully saturated rings. The Balaban J connectivity index is 1.51. The molecule has 0 saturated heterocycles. The second-order valence-electron chi connectivity index (χ2n) is 8.17. The van der Waals surface area contributed by atoms with Gasteiger partial charge in [0.15, 0.2) is 5.82 Å². The van der Waals surface area contributed by atoms with Crippen molar-refractivity contribution in [1.82, 2.24) is 19.7 Å². The van der Waals surface area contributed by atoms with E-state index in [4.69, 9.17) is 9.47 Å². The van der Waals surface area contributed by atoms with Gasteiger partial charge in [-0.25, -0.2) is 23.1 Å². The molecule has 0 radical (unpaired) electrons. The number of nitrogens with zero attached hydrogens (tertiary/aromatic N) is 4. The topological polar surface area (TPSA) is 108 Å². The summed E-state index contributed by atoms with van der Waals surface area (Å²) in [5.74, 6) is 2.08. The van der Waals surface area contributed by atoms with Crippen LogP contribution in [0.3, 0.4) is 0 Å². The smallest absolute Gasteiger partial charge is 0.262 e. The molecule has 35 heavy (non-hydrogen) atoms. The van der Waals surface area contributed by atoms with Crippen LogP contribution in [0.5, 0.6) is 17.4 Å². The molecular formula is C25H27N5O4S. The minimum Gasteiger partial charge on any atom is -0.496 e. The van der Waals surface area contributed by atoms with Crippen LogP contribution in [-0.4, -0.2) is 35.3 Å². The molecular weight excluding hydrogens is 466 g/mol. The SMILES string of the molecule is COc1ccc(S(=O)(=O)Nc2ccc(Oc3cc(-n4nc(C)c(C)c4C)ncn3)cc2)c(C)c1C. The summed E-state index contributed by atoms with van der Waals surface area (Å²) in [6.45, 7) is 9.52. The number of hydrogen-bond donors (Lipinski definition) is 1. The quantitative estimate of drug-likeness (QED) is 0.394. The summed E-state index contributed by atoms with van der Waals surface area (Å²) in [6, 6.07) is 11.5. The van der Waals surface area contributed by atoms with Crippen LogP contribution in [0.4, 0.5) is 5.69 Å². The molecule has 4 aromatic rings. The molecule has 10 heteroatoms. The van der Waals surface area contributed by atoms with Crippen molar-refractivity contribution in [2.24, 2.45) is 0 Å². The van der Waals surface area contributed by atoms with Gasteiger partial charge in [-0.05, 0) is 87.7 Å². The Bertz CT molecular complexity index is 1500. The number of aryl methyl sites for hydroxylation is 1. The Labute approximate surface area is 204 Å². The zero-order valence-electron chi connectivity index (χ0n) is 20.4.